The summed E-state index contributed by atoms with van der Waals surface area (Å²) in [5, 5.41) is 13.5. The maximum absolute atomic E-state index is 11.7. The minimum absolute atomic E-state index is 0.0462. The van der Waals surface area contributed by atoms with Crippen molar-refractivity contribution in [3.63, 3.8) is 0 Å². The van der Waals surface area contributed by atoms with Crippen LogP contribution in [0.5, 0.6) is 0 Å². The van der Waals surface area contributed by atoms with Gasteiger partial charge in [0.25, 0.3) is 0 Å². The van der Waals surface area contributed by atoms with Gasteiger partial charge in [-0.2, -0.15) is 5.10 Å². The number of nitrogens with one attached hydrogen (secondary N) is 4. The van der Waals surface area contributed by atoms with Crippen molar-refractivity contribution in [2.75, 3.05) is 11.9 Å². The third kappa shape index (κ3) is 4.20. The molecule has 4 N–H and O–H groups in total. The average Bonchev–Trinajstić information content (AvgIpc) is 3.33. The molecule has 0 aliphatic carbocycles. The van der Waals surface area contributed by atoms with Crippen LogP contribution >= 0.6 is 11.9 Å². The Balaban J connectivity index is 1.36. The SMILES string of the molecule is CC(C)NC(=O)O[C@@H]1COC(c2cc(Nc3cccc4c3CNS4)n[nH]2)C1. The number of benzene rings is 1. The minimum atomic E-state index is -0.407. The van der Waals surface area contributed by atoms with E-state index in [1.54, 1.807) is 11.9 Å². The Bertz CT molecular complexity index is 825. The van der Waals surface area contributed by atoms with E-state index >= 15 is 0 Å². The average molecular weight is 389 g/mol. The summed E-state index contributed by atoms with van der Waals surface area (Å²) in [6.07, 6.45) is -0.220. The number of rotatable bonds is 5. The molecule has 2 aliphatic heterocycles. The van der Waals surface area contributed by atoms with E-state index in [1.807, 2.05) is 32.0 Å². The predicted molar refractivity (Wildman–Crippen MR) is 103 cm³/mol. The maximum Gasteiger partial charge on any atom is 0.407 e. The highest BCUT2D eigenvalue weighted by Crippen LogP contribution is 2.35. The van der Waals surface area contributed by atoms with Crippen molar-refractivity contribution in [1.29, 1.82) is 0 Å². The van der Waals surface area contributed by atoms with Crippen molar-refractivity contribution in [2.45, 2.75) is 50.0 Å². The zero-order valence-corrected chi connectivity index (χ0v) is 16.1. The normalized spacial score (nSPS) is 21.3. The molecule has 1 unspecified atom stereocenters. The molecule has 4 rings (SSSR count). The van der Waals surface area contributed by atoms with Crippen LogP contribution in [0.4, 0.5) is 16.3 Å². The van der Waals surface area contributed by atoms with E-state index in [1.165, 1.54) is 10.5 Å². The lowest BCUT2D eigenvalue weighted by atomic mass is 10.1. The molecule has 8 nitrogen and oxygen atoms in total. The summed E-state index contributed by atoms with van der Waals surface area (Å²) < 4.78 is 14.4. The van der Waals surface area contributed by atoms with Gasteiger partial charge in [-0.15, -0.1) is 0 Å². The fourth-order valence-corrected chi connectivity index (χ4v) is 3.99. The molecular weight excluding hydrogens is 366 g/mol. The smallest absolute Gasteiger partial charge is 0.407 e. The summed E-state index contributed by atoms with van der Waals surface area (Å²) >= 11 is 1.64. The molecule has 0 spiro atoms. The lowest BCUT2D eigenvalue weighted by molar-refractivity contribution is 0.0682. The first-order valence-electron chi connectivity index (χ1n) is 9.01. The Hall–Kier alpha value is -2.23. The number of fused-ring (bicyclic) bond motifs is 1. The minimum Gasteiger partial charge on any atom is -0.444 e. The van der Waals surface area contributed by atoms with E-state index in [0.29, 0.717) is 13.0 Å². The highest BCUT2D eigenvalue weighted by Gasteiger charge is 2.31. The second-order valence-electron chi connectivity index (χ2n) is 6.92. The molecular formula is C18H23N5O3S. The lowest BCUT2D eigenvalue weighted by Gasteiger charge is -2.13. The second kappa shape index (κ2) is 7.79. The predicted octanol–water partition coefficient (Wildman–Crippen LogP) is 3.23. The summed E-state index contributed by atoms with van der Waals surface area (Å²) in [4.78, 5) is 13.0. The number of ether oxygens (including phenoxy) is 2. The number of alkyl carbamates (subject to hydrolysis) is 1. The molecule has 2 atom stereocenters. The number of hydrogen-bond donors (Lipinski definition) is 4. The summed E-state index contributed by atoms with van der Waals surface area (Å²) in [6.45, 7) is 4.99. The van der Waals surface area contributed by atoms with Gasteiger partial charge in [-0.25, -0.2) is 4.79 Å². The number of carbonyl (C=O) groups is 1. The van der Waals surface area contributed by atoms with Crippen molar-refractivity contribution in [3.05, 3.63) is 35.5 Å². The Morgan fingerprint density at radius 2 is 2.33 bits per heavy atom. The van der Waals surface area contributed by atoms with Gasteiger partial charge in [0.15, 0.2) is 5.82 Å². The van der Waals surface area contributed by atoms with Crippen molar-refractivity contribution in [2.24, 2.45) is 0 Å². The number of H-pyrrole nitrogens is 1. The van der Waals surface area contributed by atoms with Gasteiger partial charge in [0, 0.05) is 41.2 Å². The molecule has 2 aromatic rings. The molecule has 3 heterocycles. The molecule has 1 aromatic carbocycles. The van der Waals surface area contributed by atoms with Crippen LogP contribution in [0, 0.1) is 0 Å². The number of carbonyl (C=O) groups excluding carboxylic acids is 1. The molecule has 1 fully saturated rings. The molecule has 2 aliphatic rings. The number of nitrogens with zero attached hydrogens (tertiary/aromatic N) is 1. The Morgan fingerprint density at radius 1 is 1.44 bits per heavy atom. The molecule has 0 bridgehead atoms. The van der Waals surface area contributed by atoms with Crippen LogP contribution in [-0.2, 0) is 16.0 Å². The van der Waals surface area contributed by atoms with Gasteiger partial charge in [-0.1, -0.05) is 6.07 Å². The van der Waals surface area contributed by atoms with Gasteiger partial charge < -0.3 is 20.1 Å². The first kappa shape index (κ1) is 18.1. The van der Waals surface area contributed by atoms with Crippen LogP contribution in [0.15, 0.2) is 29.2 Å². The first-order valence-corrected chi connectivity index (χ1v) is 9.83. The quantitative estimate of drug-likeness (QED) is 0.583. The number of amides is 1. The molecule has 1 amide bonds. The fraction of sp³-hybridized carbons (Fsp3) is 0.444. The van der Waals surface area contributed by atoms with E-state index in [-0.39, 0.29) is 18.2 Å². The zero-order valence-electron chi connectivity index (χ0n) is 15.2. The number of hydrogen-bond acceptors (Lipinski definition) is 7. The van der Waals surface area contributed by atoms with E-state index < -0.39 is 6.09 Å². The van der Waals surface area contributed by atoms with Crippen LogP contribution < -0.4 is 15.4 Å². The highest BCUT2D eigenvalue weighted by atomic mass is 32.2. The topological polar surface area (TPSA) is 100 Å². The van der Waals surface area contributed by atoms with E-state index in [2.05, 4.69) is 31.6 Å². The summed E-state index contributed by atoms with van der Waals surface area (Å²) in [6, 6.07) is 8.16. The Morgan fingerprint density at radius 3 is 3.19 bits per heavy atom. The summed E-state index contributed by atoms with van der Waals surface area (Å²) in [7, 11) is 0. The molecule has 0 saturated carbocycles. The molecule has 27 heavy (non-hydrogen) atoms. The van der Waals surface area contributed by atoms with Crippen molar-refractivity contribution >= 4 is 29.5 Å². The first-order chi connectivity index (χ1) is 13.1. The lowest BCUT2D eigenvalue weighted by Crippen LogP contribution is -2.33. The molecule has 0 radical (unpaired) electrons. The van der Waals surface area contributed by atoms with Crippen molar-refractivity contribution < 1.29 is 14.3 Å². The van der Waals surface area contributed by atoms with Crippen molar-refractivity contribution in [3.8, 4) is 0 Å². The van der Waals surface area contributed by atoms with Crippen LogP contribution in [-0.4, -0.2) is 35.0 Å². The van der Waals surface area contributed by atoms with Gasteiger partial charge in [0.2, 0.25) is 0 Å². The number of anilines is 2. The molecule has 1 saturated heterocycles. The standard InChI is InChI=1S/C18H23N5O3S/c1-10(2)20-18(24)26-11-6-15(25-9-11)14-7-17(23-22-14)21-13-4-3-5-16-12(13)8-19-27-16/h3-5,7,10-11,15,19H,6,8-9H2,1-2H3,(H,20,24)(H2,21,22,23)/t11-,15?/m0/s1. The third-order valence-electron chi connectivity index (χ3n) is 4.41. The van der Waals surface area contributed by atoms with Gasteiger partial charge in [-0.3, -0.25) is 9.82 Å². The van der Waals surface area contributed by atoms with E-state index in [0.717, 1.165) is 23.7 Å². The van der Waals surface area contributed by atoms with Crippen LogP contribution in [0.1, 0.15) is 37.6 Å². The van der Waals surface area contributed by atoms with E-state index in [4.69, 9.17) is 9.47 Å². The molecule has 1 aromatic heterocycles. The maximum atomic E-state index is 11.7. The highest BCUT2D eigenvalue weighted by molar-refractivity contribution is 7.97. The largest absolute Gasteiger partial charge is 0.444 e. The van der Waals surface area contributed by atoms with Crippen LogP contribution in [0.25, 0.3) is 0 Å². The Kier molecular flexibility index (Phi) is 5.24. The molecule has 9 heteroatoms. The molecule has 144 valence electrons. The van der Waals surface area contributed by atoms with Gasteiger partial charge in [0.05, 0.1) is 12.3 Å². The number of aromatic nitrogens is 2. The van der Waals surface area contributed by atoms with Gasteiger partial charge in [-0.05, 0) is 37.9 Å². The fourth-order valence-electron chi connectivity index (χ4n) is 3.17. The van der Waals surface area contributed by atoms with Gasteiger partial charge in [0.1, 0.15) is 12.2 Å². The van der Waals surface area contributed by atoms with Crippen LogP contribution in [0.3, 0.4) is 0 Å². The summed E-state index contributed by atoms with van der Waals surface area (Å²) in [5.41, 5.74) is 3.16. The third-order valence-corrected chi connectivity index (χ3v) is 5.30. The summed E-state index contributed by atoms with van der Waals surface area (Å²) in [5.74, 6) is 0.737. The van der Waals surface area contributed by atoms with Gasteiger partial charge >= 0.3 is 6.09 Å². The second-order valence-corrected chi connectivity index (χ2v) is 7.86. The number of aromatic amines is 1. The van der Waals surface area contributed by atoms with E-state index in [9.17, 15) is 4.79 Å². The zero-order chi connectivity index (χ0) is 18.8. The monoisotopic (exact) mass is 389 g/mol. The van der Waals surface area contributed by atoms with Crippen LogP contribution in [0.2, 0.25) is 0 Å². The van der Waals surface area contributed by atoms with Crippen molar-refractivity contribution in [1.82, 2.24) is 20.2 Å². The Labute approximate surface area is 161 Å².